The first-order valence-corrected chi connectivity index (χ1v) is 7.35. The van der Waals surface area contributed by atoms with Crippen molar-refractivity contribution in [1.29, 1.82) is 0 Å². The van der Waals surface area contributed by atoms with Gasteiger partial charge in [-0.1, -0.05) is 27.7 Å². The maximum absolute atomic E-state index is 12.2. The Bertz CT molecular complexity index is 553. The maximum atomic E-state index is 12.2. The molecule has 0 spiro atoms. The van der Waals surface area contributed by atoms with Gasteiger partial charge in [0.05, 0.1) is 18.4 Å². The van der Waals surface area contributed by atoms with Gasteiger partial charge in [0.1, 0.15) is 17.3 Å². The Morgan fingerprint density at radius 1 is 0.909 bits per heavy atom. The van der Waals surface area contributed by atoms with E-state index in [9.17, 15) is 19.2 Å². The highest BCUT2D eigenvalue weighted by atomic mass is 16.3. The van der Waals surface area contributed by atoms with Gasteiger partial charge in [-0.05, 0) is 13.0 Å². The number of carbonyl (C=O) groups is 4. The third kappa shape index (κ3) is 4.48. The van der Waals surface area contributed by atoms with Gasteiger partial charge in [0.2, 0.25) is 5.78 Å². The summed E-state index contributed by atoms with van der Waals surface area (Å²) >= 11 is 0. The highest BCUT2D eigenvalue weighted by Gasteiger charge is 2.26. The van der Waals surface area contributed by atoms with E-state index in [4.69, 9.17) is 4.42 Å². The van der Waals surface area contributed by atoms with Gasteiger partial charge in [-0.3, -0.25) is 19.2 Å². The Kier molecular flexibility index (Phi) is 5.97. The minimum absolute atomic E-state index is 0.0908. The average Bonchev–Trinajstić information content (AvgIpc) is 2.80. The van der Waals surface area contributed by atoms with Gasteiger partial charge in [0.15, 0.2) is 11.5 Å². The van der Waals surface area contributed by atoms with Crippen LogP contribution in [0.5, 0.6) is 0 Å². The van der Waals surface area contributed by atoms with Crippen LogP contribution in [0, 0.1) is 18.8 Å². The second kappa shape index (κ2) is 7.29. The van der Waals surface area contributed by atoms with Crippen molar-refractivity contribution in [2.75, 3.05) is 0 Å². The lowest BCUT2D eigenvalue weighted by Crippen LogP contribution is -2.17. The number of ketones is 4. The number of aryl methyl sites for hydroxylation is 1. The largest absolute Gasteiger partial charge is 0.457 e. The molecule has 120 valence electrons. The molecular formula is C17H22O5. The second-order valence-electron chi connectivity index (χ2n) is 6.04. The van der Waals surface area contributed by atoms with E-state index < -0.39 is 11.6 Å². The molecule has 0 fully saturated rings. The predicted molar refractivity (Wildman–Crippen MR) is 81.0 cm³/mol. The lowest BCUT2D eigenvalue weighted by atomic mass is 9.97. The summed E-state index contributed by atoms with van der Waals surface area (Å²) in [4.78, 5) is 47.7. The molecular weight excluding hydrogens is 284 g/mol. The predicted octanol–water partition coefficient (Wildman–Crippen LogP) is 3.18. The topological polar surface area (TPSA) is 81.4 Å². The molecule has 1 aromatic heterocycles. The van der Waals surface area contributed by atoms with E-state index in [-0.39, 0.29) is 47.6 Å². The minimum Gasteiger partial charge on any atom is -0.457 e. The minimum atomic E-state index is -0.521. The Hall–Kier alpha value is -2.04. The summed E-state index contributed by atoms with van der Waals surface area (Å²) in [6.07, 6.45) is -0.571. The molecule has 1 rings (SSSR count). The first-order chi connectivity index (χ1) is 10.1. The van der Waals surface area contributed by atoms with Gasteiger partial charge in [-0.15, -0.1) is 0 Å². The van der Waals surface area contributed by atoms with Gasteiger partial charge >= 0.3 is 0 Å². The second-order valence-corrected chi connectivity index (χ2v) is 6.04. The summed E-state index contributed by atoms with van der Waals surface area (Å²) in [7, 11) is 0. The third-order valence-corrected chi connectivity index (χ3v) is 3.37. The molecule has 5 heteroatoms. The summed E-state index contributed by atoms with van der Waals surface area (Å²) in [6, 6.07) is 1.45. The molecule has 5 nitrogen and oxygen atoms in total. The molecule has 22 heavy (non-hydrogen) atoms. The van der Waals surface area contributed by atoms with Crippen molar-refractivity contribution in [2.24, 2.45) is 11.8 Å². The van der Waals surface area contributed by atoms with Crippen LogP contribution >= 0.6 is 0 Å². The summed E-state index contributed by atoms with van der Waals surface area (Å²) in [5.74, 6) is -1.60. The first-order valence-electron chi connectivity index (χ1n) is 7.35. The van der Waals surface area contributed by atoms with Crippen molar-refractivity contribution >= 4 is 23.1 Å². The quantitative estimate of drug-likeness (QED) is 0.544. The van der Waals surface area contributed by atoms with Crippen molar-refractivity contribution in [3.05, 3.63) is 23.2 Å². The zero-order chi connectivity index (χ0) is 17.0. The van der Waals surface area contributed by atoms with Crippen LogP contribution in [0.15, 0.2) is 10.5 Å². The van der Waals surface area contributed by atoms with Crippen LogP contribution in [0.1, 0.15) is 67.2 Å². The normalized spacial score (nSPS) is 11.0. The number of furan rings is 1. The van der Waals surface area contributed by atoms with E-state index in [0.717, 1.165) is 0 Å². The molecule has 0 atom stereocenters. The van der Waals surface area contributed by atoms with E-state index in [0.29, 0.717) is 5.76 Å². The van der Waals surface area contributed by atoms with Gasteiger partial charge in [-0.25, -0.2) is 0 Å². The zero-order valence-electron chi connectivity index (χ0n) is 13.7. The molecule has 0 saturated heterocycles. The highest BCUT2D eigenvalue weighted by Crippen LogP contribution is 2.20. The Labute approximate surface area is 130 Å². The number of carbonyl (C=O) groups excluding carboxylic acids is 4. The molecule has 0 saturated carbocycles. The fraction of sp³-hybridized carbons (Fsp3) is 0.529. The molecule has 0 N–H and O–H groups in total. The Morgan fingerprint density at radius 2 is 1.36 bits per heavy atom. The maximum Gasteiger partial charge on any atom is 0.206 e. The molecule has 0 aliphatic rings. The smallest absolute Gasteiger partial charge is 0.206 e. The van der Waals surface area contributed by atoms with Gasteiger partial charge in [0, 0.05) is 11.8 Å². The van der Waals surface area contributed by atoms with Crippen molar-refractivity contribution in [3.8, 4) is 0 Å². The van der Waals surface area contributed by atoms with Crippen LogP contribution in [0.25, 0.3) is 0 Å². The van der Waals surface area contributed by atoms with Crippen LogP contribution in [-0.2, 0) is 9.59 Å². The molecule has 0 radical (unpaired) electrons. The van der Waals surface area contributed by atoms with Crippen molar-refractivity contribution in [3.63, 3.8) is 0 Å². The van der Waals surface area contributed by atoms with E-state index in [1.807, 2.05) is 0 Å². The van der Waals surface area contributed by atoms with Crippen LogP contribution in [0.4, 0.5) is 0 Å². The summed E-state index contributed by atoms with van der Waals surface area (Å²) in [5.41, 5.74) is 0.0908. The monoisotopic (exact) mass is 306 g/mol. The highest BCUT2D eigenvalue weighted by molar-refractivity contribution is 6.16. The summed E-state index contributed by atoms with van der Waals surface area (Å²) < 4.78 is 5.29. The van der Waals surface area contributed by atoms with Gasteiger partial charge < -0.3 is 4.42 Å². The molecule has 0 unspecified atom stereocenters. The van der Waals surface area contributed by atoms with Gasteiger partial charge in [0.25, 0.3) is 0 Å². The average molecular weight is 306 g/mol. The first kappa shape index (κ1) is 18.0. The third-order valence-electron chi connectivity index (χ3n) is 3.37. The number of hydrogen-bond acceptors (Lipinski definition) is 5. The molecule has 0 aliphatic carbocycles. The molecule has 0 aliphatic heterocycles. The number of hydrogen-bond donors (Lipinski definition) is 0. The lowest BCUT2D eigenvalue weighted by Gasteiger charge is -2.05. The Balaban J connectivity index is 2.99. The summed E-state index contributed by atoms with van der Waals surface area (Å²) in [5, 5.41) is 0. The Morgan fingerprint density at radius 3 is 1.82 bits per heavy atom. The van der Waals surface area contributed by atoms with Crippen LogP contribution in [-0.4, -0.2) is 23.1 Å². The number of rotatable bonds is 8. The molecule has 0 bridgehead atoms. The van der Waals surface area contributed by atoms with Crippen LogP contribution < -0.4 is 0 Å². The molecule has 0 amide bonds. The molecule has 1 aromatic rings. The molecule has 0 aromatic carbocycles. The van der Waals surface area contributed by atoms with Crippen molar-refractivity contribution < 1.29 is 23.6 Å². The SMILES string of the molecule is Cc1cc(C(=O)CC(=O)C(C)C)c(C(=O)CC(=O)C(C)C)o1. The van der Waals surface area contributed by atoms with Gasteiger partial charge in [-0.2, -0.15) is 0 Å². The van der Waals surface area contributed by atoms with Crippen LogP contribution in [0.2, 0.25) is 0 Å². The fourth-order valence-corrected chi connectivity index (χ4v) is 1.83. The van der Waals surface area contributed by atoms with E-state index >= 15 is 0 Å². The lowest BCUT2D eigenvalue weighted by molar-refractivity contribution is -0.121. The van der Waals surface area contributed by atoms with Crippen LogP contribution in [0.3, 0.4) is 0 Å². The number of Topliss-reactive ketones (excluding diaryl/α,β-unsaturated/α-hetero) is 4. The standard InChI is InChI=1S/C17H22O5/c1-9(2)13(18)7-15(20)12-6-11(5)22-17(12)16(21)8-14(19)10(3)4/h6,9-10H,7-8H2,1-5H3. The summed E-state index contributed by atoms with van der Waals surface area (Å²) in [6.45, 7) is 8.45. The van der Waals surface area contributed by atoms with Crippen molar-refractivity contribution in [2.45, 2.75) is 47.5 Å². The zero-order valence-corrected chi connectivity index (χ0v) is 13.7. The van der Waals surface area contributed by atoms with E-state index in [1.165, 1.54) is 6.07 Å². The van der Waals surface area contributed by atoms with E-state index in [1.54, 1.807) is 34.6 Å². The van der Waals surface area contributed by atoms with Crippen molar-refractivity contribution in [1.82, 2.24) is 0 Å². The molecule has 1 heterocycles. The van der Waals surface area contributed by atoms with E-state index in [2.05, 4.69) is 0 Å². The fourth-order valence-electron chi connectivity index (χ4n) is 1.83.